The van der Waals surface area contributed by atoms with Crippen LogP contribution in [-0.4, -0.2) is 35.8 Å². The molecule has 0 unspecified atom stereocenters. The van der Waals surface area contributed by atoms with Crippen molar-refractivity contribution in [2.75, 3.05) is 7.05 Å². The summed E-state index contributed by atoms with van der Waals surface area (Å²) in [4.78, 5) is 23.6. The van der Waals surface area contributed by atoms with E-state index < -0.39 is 23.6 Å². The Morgan fingerprint density at radius 2 is 1.95 bits per heavy atom. The van der Waals surface area contributed by atoms with Crippen molar-refractivity contribution in [1.82, 2.24) is 10.4 Å². The first-order valence-electron chi connectivity index (χ1n) is 7.04. The lowest BCUT2D eigenvalue weighted by Crippen LogP contribution is -2.58. The van der Waals surface area contributed by atoms with E-state index in [0.717, 1.165) is 12.6 Å². The van der Waals surface area contributed by atoms with Crippen LogP contribution >= 0.6 is 0 Å². The van der Waals surface area contributed by atoms with Crippen LogP contribution in [0.3, 0.4) is 0 Å². The van der Waals surface area contributed by atoms with E-state index in [1.165, 1.54) is 0 Å². The summed E-state index contributed by atoms with van der Waals surface area (Å²) in [6, 6.07) is 7.92. The average molecular weight is 313 g/mol. The van der Waals surface area contributed by atoms with Gasteiger partial charge >= 0.3 is 5.91 Å². The number of carbonyl (C=O) groups excluding carboxylic acids is 2. The van der Waals surface area contributed by atoms with Crippen LogP contribution in [0.2, 0.25) is 0 Å². The van der Waals surface area contributed by atoms with Gasteiger partial charge in [-0.05, 0) is 12.0 Å². The monoisotopic (exact) mass is 313 g/mol. The Bertz CT molecular complexity index is 511. The van der Waals surface area contributed by atoms with Gasteiger partial charge < -0.3 is 11.1 Å². The Morgan fingerprint density at radius 3 is 2.45 bits per heavy atom. The van der Waals surface area contributed by atoms with E-state index in [0.29, 0.717) is 0 Å². The molecule has 2 amide bonds. The van der Waals surface area contributed by atoms with E-state index >= 15 is 0 Å². The van der Waals surface area contributed by atoms with Crippen LogP contribution in [0.1, 0.15) is 25.3 Å². The SMILES string of the molecule is CCC[C@](F)(NC(=O)[C@@H](N)Cc1ccccc1)C(=O)N(C)F. The van der Waals surface area contributed by atoms with Crippen molar-refractivity contribution in [1.29, 1.82) is 0 Å². The van der Waals surface area contributed by atoms with Crippen molar-refractivity contribution in [3.63, 3.8) is 0 Å². The summed E-state index contributed by atoms with van der Waals surface area (Å²) in [5, 5.41) is 1.56. The number of hydrogen-bond donors (Lipinski definition) is 2. The van der Waals surface area contributed by atoms with E-state index in [-0.39, 0.29) is 24.4 Å². The highest BCUT2D eigenvalue weighted by Gasteiger charge is 2.42. The fourth-order valence-corrected chi connectivity index (χ4v) is 2.06. The summed E-state index contributed by atoms with van der Waals surface area (Å²) < 4.78 is 27.5. The van der Waals surface area contributed by atoms with E-state index in [2.05, 4.69) is 0 Å². The standard InChI is InChI=1S/C15H21F2N3O2/c1-3-9-15(16,14(22)20(2)17)19-13(21)12(18)10-11-7-5-4-6-8-11/h4-8,12H,3,9-10,18H2,1-2H3,(H,19,21)/t12-,15-/m0/s1. The molecule has 0 bridgehead atoms. The quantitative estimate of drug-likeness (QED) is 0.591. The van der Waals surface area contributed by atoms with Gasteiger partial charge in [-0.25, -0.2) is 4.39 Å². The van der Waals surface area contributed by atoms with Crippen molar-refractivity contribution < 1.29 is 18.5 Å². The maximum atomic E-state index is 14.6. The zero-order valence-electron chi connectivity index (χ0n) is 12.7. The van der Waals surface area contributed by atoms with Crippen molar-refractivity contribution in [2.45, 2.75) is 38.0 Å². The van der Waals surface area contributed by atoms with Gasteiger partial charge in [0.15, 0.2) is 0 Å². The smallest absolute Gasteiger partial charge is 0.308 e. The van der Waals surface area contributed by atoms with Gasteiger partial charge in [0.25, 0.3) is 5.79 Å². The number of carbonyl (C=O) groups is 2. The van der Waals surface area contributed by atoms with Crippen LogP contribution in [0, 0.1) is 0 Å². The molecule has 0 radical (unpaired) electrons. The lowest BCUT2D eigenvalue weighted by Gasteiger charge is -2.27. The first-order valence-corrected chi connectivity index (χ1v) is 7.04. The summed E-state index contributed by atoms with van der Waals surface area (Å²) in [5.74, 6) is -5.08. The van der Waals surface area contributed by atoms with E-state index in [1.54, 1.807) is 31.2 Å². The molecule has 5 nitrogen and oxygen atoms in total. The molecule has 0 saturated heterocycles. The van der Waals surface area contributed by atoms with Gasteiger partial charge in [-0.2, -0.15) is 5.12 Å². The number of nitrogens with one attached hydrogen (secondary N) is 1. The van der Waals surface area contributed by atoms with Gasteiger partial charge in [0.1, 0.15) is 0 Å². The third-order valence-electron chi connectivity index (χ3n) is 3.17. The van der Waals surface area contributed by atoms with Gasteiger partial charge in [-0.1, -0.05) is 48.2 Å². The van der Waals surface area contributed by atoms with Crippen molar-refractivity contribution >= 4 is 11.8 Å². The molecule has 1 aromatic carbocycles. The molecule has 3 N–H and O–H groups in total. The van der Waals surface area contributed by atoms with E-state index in [9.17, 15) is 18.5 Å². The Morgan fingerprint density at radius 1 is 1.36 bits per heavy atom. The molecule has 0 aromatic heterocycles. The number of nitrogens with zero attached hydrogens (tertiary/aromatic N) is 1. The first-order chi connectivity index (χ1) is 10.3. The molecule has 0 aliphatic heterocycles. The number of rotatable bonds is 7. The number of hydrogen-bond acceptors (Lipinski definition) is 3. The summed E-state index contributed by atoms with van der Waals surface area (Å²) in [6.07, 6.45) is 0.114. The fraction of sp³-hybridized carbons (Fsp3) is 0.467. The highest BCUT2D eigenvalue weighted by atomic mass is 19.2. The number of halogens is 2. The maximum absolute atomic E-state index is 14.6. The summed E-state index contributed by atoms with van der Waals surface area (Å²) in [6.45, 7) is 1.62. The van der Waals surface area contributed by atoms with Gasteiger partial charge in [-0.3, -0.25) is 9.59 Å². The minimum atomic E-state index is -2.79. The second-order valence-corrected chi connectivity index (χ2v) is 5.12. The molecular formula is C15H21F2N3O2. The van der Waals surface area contributed by atoms with Gasteiger partial charge in [0, 0.05) is 13.5 Å². The number of alkyl halides is 1. The molecular weight excluding hydrogens is 292 g/mol. The highest BCUT2D eigenvalue weighted by Crippen LogP contribution is 2.19. The van der Waals surface area contributed by atoms with Crippen LogP contribution in [0.5, 0.6) is 0 Å². The normalized spacial score (nSPS) is 14.8. The average Bonchev–Trinajstić information content (AvgIpc) is 2.47. The van der Waals surface area contributed by atoms with Crippen LogP contribution in [0.25, 0.3) is 0 Å². The van der Waals surface area contributed by atoms with Crippen molar-refractivity contribution in [3.05, 3.63) is 35.9 Å². The number of nitrogens with two attached hydrogens (primary N) is 1. The third kappa shape index (κ3) is 4.77. The molecule has 1 rings (SSSR count). The Kier molecular flexibility index (Phi) is 6.42. The topological polar surface area (TPSA) is 75.4 Å². The second kappa shape index (κ2) is 7.84. The maximum Gasteiger partial charge on any atom is 0.308 e. The van der Waals surface area contributed by atoms with Crippen molar-refractivity contribution in [3.8, 4) is 0 Å². The molecule has 0 fully saturated rings. The second-order valence-electron chi connectivity index (χ2n) is 5.12. The Hall–Kier alpha value is -2.02. The Labute approximate surface area is 128 Å². The molecule has 0 saturated carbocycles. The zero-order valence-corrected chi connectivity index (χ0v) is 12.7. The lowest BCUT2D eigenvalue weighted by molar-refractivity contribution is -0.162. The molecule has 22 heavy (non-hydrogen) atoms. The minimum Gasteiger partial charge on any atom is -0.320 e. The molecule has 1 aromatic rings. The first kappa shape index (κ1) is 18.0. The largest absolute Gasteiger partial charge is 0.320 e. The van der Waals surface area contributed by atoms with Gasteiger partial charge in [0.05, 0.1) is 6.04 Å². The third-order valence-corrected chi connectivity index (χ3v) is 3.17. The molecule has 7 heteroatoms. The van der Waals surface area contributed by atoms with Crippen LogP contribution in [0.4, 0.5) is 8.87 Å². The summed E-state index contributed by atoms with van der Waals surface area (Å²) in [7, 11) is 0.780. The molecule has 0 spiro atoms. The van der Waals surface area contributed by atoms with Crippen LogP contribution in [0.15, 0.2) is 30.3 Å². The molecule has 0 aliphatic carbocycles. The number of benzene rings is 1. The van der Waals surface area contributed by atoms with E-state index in [4.69, 9.17) is 5.73 Å². The molecule has 2 atom stereocenters. The molecule has 0 aliphatic rings. The van der Waals surface area contributed by atoms with E-state index in [1.807, 2.05) is 11.4 Å². The highest BCUT2D eigenvalue weighted by molar-refractivity contribution is 5.91. The van der Waals surface area contributed by atoms with Gasteiger partial charge in [-0.15, -0.1) is 0 Å². The minimum absolute atomic E-state index is 0.189. The summed E-state index contributed by atoms with van der Waals surface area (Å²) >= 11 is 0. The molecule has 0 heterocycles. The van der Waals surface area contributed by atoms with Crippen LogP contribution in [-0.2, 0) is 16.0 Å². The summed E-state index contributed by atoms with van der Waals surface area (Å²) in [5.41, 5.74) is 6.54. The van der Waals surface area contributed by atoms with Gasteiger partial charge in [0.2, 0.25) is 5.91 Å². The fourth-order valence-electron chi connectivity index (χ4n) is 2.06. The lowest BCUT2D eigenvalue weighted by atomic mass is 10.0. The Balaban J connectivity index is 2.76. The van der Waals surface area contributed by atoms with Crippen LogP contribution < -0.4 is 11.1 Å². The number of amides is 2. The predicted octanol–water partition coefficient (Wildman–Crippen LogP) is 1.48. The number of likely N-dealkylation sites (N-methyl/N-ethyl adjacent to an activating group) is 1. The molecule has 122 valence electrons. The van der Waals surface area contributed by atoms with Crippen molar-refractivity contribution in [2.24, 2.45) is 5.73 Å². The predicted molar refractivity (Wildman–Crippen MR) is 78.9 cm³/mol. The zero-order chi connectivity index (χ0) is 16.8.